The number of hydrogen-bond donors (Lipinski definition) is 0. The van der Waals surface area contributed by atoms with Crippen molar-refractivity contribution in [1.29, 1.82) is 0 Å². The number of alkyl halides is 3. The van der Waals surface area contributed by atoms with Crippen LogP contribution in [0.4, 0.5) is 26.5 Å². The Balaban J connectivity index is 3.09. The lowest BCUT2D eigenvalue weighted by atomic mass is 10.3. The first kappa shape index (κ1) is 11.5. The average molecular weight is 232 g/mol. The van der Waals surface area contributed by atoms with E-state index in [9.17, 15) is 26.5 Å². The Kier molecular flexibility index (Phi) is 2.96. The smallest absolute Gasteiger partial charge is 0.399 e. The number of halogens is 6. The molecule has 0 atom stereocenters. The van der Waals surface area contributed by atoms with Gasteiger partial charge >= 0.3 is 6.36 Å². The van der Waals surface area contributed by atoms with E-state index in [0.717, 1.165) is 0 Å². The molecule has 0 saturated carbocycles. The second-order valence-corrected chi connectivity index (χ2v) is 2.34. The SMILES string of the molecule is FOc1cc(F)c(OC(F)(F)F)c(F)c1. The van der Waals surface area contributed by atoms with Crippen LogP contribution in [0.2, 0.25) is 0 Å². The summed E-state index contributed by atoms with van der Waals surface area (Å²) in [7, 11) is 0. The molecule has 0 fully saturated rings. The fraction of sp³-hybridized carbons (Fsp3) is 0.143. The minimum atomic E-state index is -5.24. The van der Waals surface area contributed by atoms with Crippen LogP contribution in [0.25, 0.3) is 0 Å². The zero-order valence-electron chi connectivity index (χ0n) is 6.74. The zero-order chi connectivity index (χ0) is 11.6. The molecule has 2 nitrogen and oxygen atoms in total. The predicted molar refractivity (Wildman–Crippen MR) is 34.8 cm³/mol. The highest BCUT2D eigenvalue weighted by molar-refractivity contribution is 5.34. The van der Waals surface area contributed by atoms with Gasteiger partial charge in [0.15, 0.2) is 17.4 Å². The summed E-state index contributed by atoms with van der Waals surface area (Å²) in [4.78, 5) is 2.94. The van der Waals surface area contributed by atoms with Crippen molar-refractivity contribution in [1.82, 2.24) is 0 Å². The molecule has 0 spiro atoms. The van der Waals surface area contributed by atoms with Gasteiger partial charge in [0.1, 0.15) is 0 Å². The van der Waals surface area contributed by atoms with Gasteiger partial charge in [-0.2, -0.15) is 0 Å². The summed E-state index contributed by atoms with van der Waals surface area (Å²) in [5.41, 5.74) is 0. The summed E-state index contributed by atoms with van der Waals surface area (Å²) in [5.74, 6) is -6.01. The van der Waals surface area contributed by atoms with E-state index < -0.39 is 29.5 Å². The monoisotopic (exact) mass is 232 g/mol. The normalized spacial score (nSPS) is 11.3. The van der Waals surface area contributed by atoms with Gasteiger partial charge < -0.3 is 4.74 Å². The molecule has 0 aliphatic rings. The molecule has 0 aromatic heterocycles. The van der Waals surface area contributed by atoms with Gasteiger partial charge in [-0.05, 0) is 0 Å². The molecule has 0 aliphatic carbocycles. The van der Waals surface area contributed by atoms with Crippen LogP contribution in [-0.4, -0.2) is 6.36 Å². The van der Waals surface area contributed by atoms with Crippen LogP contribution in [0.1, 0.15) is 0 Å². The summed E-state index contributed by atoms with van der Waals surface area (Å²) in [5, 5.41) is 0. The van der Waals surface area contributed by atoms with Crippen molar-refractivity contribution < 1.29 is 36.2 Å². The number of rotatable bonds is 2. The van der Waals surface area contributed by atoms with Crippen molar-refractivity contribution in [2.75, 3.05) is 0 Å². The van der Waals surface area contributed by atoms with Crippen molar-refractivity contribution >= 4 is 0 Å². The minimum absolute atomic E-state index is 0.212. The van der Waals surface area contributed by atoms with Crippen molar-refractivity contribution in [3.8, 4) is 11.5 Å². The van der Waals surface area contributed by atoms with E-state index in [0.29, 0.717) is 0 Å². The highest BCUT2D eigenvalue weighted by Crippen LogP contribution is 2.31. The van der Waals surface area contributed by atoms with E-state index in [-0.39, 0.29) is 12.1 Å². The Morgan fingerprint density at radius 3 is 1.80 bits per heavy atom. The Bertz CT molecular complexity index is 338. The molecule has 0 aliphatic heterocycles. The van der Waals surface area contributed by atoms with E-state index in [2.05, 4.69) is 9.68 Å². The topological polar surface area (TPSA) is 18.5 Å². The quantitative estimate of drug-likeness (QED) is 0.729. The maximum absolute atomic E-state index is 12.7. The van der Waals surface area contributed by atoms with E-state index in [1.165, 1.54) is 0 Å². The van der Waals surface area contributed by atoms with Gasteiger partial charge in [-0.25, -0.2) is 8.78 Å². The van der Waals surface area contributed by atoms with E-state index in [4.69, 9.17) is 0 Å². The maximum Gasteiger partial charge on any atom is 0.573 e. The molecule has 0 heterocycles. The molecule has 0 radical (unpaired) electrons. The van der Waals surface area contributed by atoms with Crippen LogP contribution in [0, 0.1) is 11.6 Å². The van der Waals surface area contributed by atoms with Crippen LogP contribution < -0.4 is 9.68 Å². The number of ether oxygens (including phenoxy) is 1. The minimum Gasteiger partial charge on any atom is -0.399 e. The van der Waals surface area contributed by atoms with Crippen LogP contribution in [0.5, 0.6) is 11.5 Å². The van der Waals surface area contributed by atoms with Gasteiger partial charge in [0, 0.05) is 16.7 Å². The summed E-state index contributed by atoms with van der Waals surface area (Å²) in [6.07, 6.45) is -5.24. The molecule has 0 amide bonds. The van der Waals surface area contributed by atoms with E-state index in [1.54, 1.807) is 0 Å². The fourth-order valence-corrected chi connectivity index (χ4v) is 0.794. The van der Waals surface area contributed by atoms with Crippen LogP contribution in [0.15, 0.2) is 12.1 Å². The molecule has 84 valence electrons. The third kappa shape index (κ3) is 2.93. The highest BCUT2D eigenvalue weighted by atomic mass is 19.4. The summed E-state index contributed by atoms with van der Waals surface area (Å²) in [6, 6.07) is 0.425. The largest absolute Gasteiger partial charge is 0.573 e. The molecular weight excluding hydrogens is 230 g/mol. The van der Waals surface area contributed by atoms with Crippen molar-refractivity contribution in [2.45, 2.75) is 6.36 Å². The molecular formula is C7H2F6O2. The molecule has 1 rings (SSSR count). The first-order chi connectivity index (χ1) is 6.83. The standard InChI is InChI=1S/C7H2F6O2/c8-4-1-3(15-13)2-5(9)6(4)14-7(10,11)12/h1-2H. The lowest BCUT2D eigenvalue weighted by molar-refractivity contribution is -0.276. The third-order valence-electron chi connectivity index (χ3n) is 1.28. The molecule has 1 aromatic rings. The molecule has 0 unspecified atom stereocenters. The molecule has 0 N–H and O–H groups in total. The average Bonchev–Trinajstić information content (AvgIpc) is 2.09. The fourth-order valence-electron chi connectivity index (χ4n) is 0.794. The molecule has 1 aromatic carbocycles. The number of hydrogen-bond acceptors (Lipinski definition) is 2. The van der Waals surface area contributed by atoms with Crippen molar-refractivity contribution in [2.24, 2.45) is 0 Å². The summed E-state index contributed by atoms with van der Waals surface area (Å²) in [6.45, 7) is 0. The Labute approximate surface area is 78.9 Å². The van der Waals surface area contributed by atoms with Crippen LogP contribution >= 0.6 is 0 Å². The Hall–Kier alpha value is -1.60. The second-order valence-electron chi connectivity index (χ2n) is 2.34. The molecule has 0 bridgehead atoms. The Morgan fingerprint density at radius 2 is 1.47 bits per heavy atom. The number of benzene rings is 1. The van der Waals surface area contributed by atoms with Gasteiger partial charge in [0.25, 0.3) is 0 Å². The summed E-state index contributed by atoms with van der Waals surface area (Å²) < 4.78 is 74.8. The van der Waals surface area contributed by atoms with Crippen LogP contribution in [-0.2, 0) is 0 Å². The van der Waals surface area contributed by atoms with Gasteiger partial charge in [-0.15, -0.1) is 13.2 Å². The van der Waals surface area contributed by atoms with Gasteiger partial charge in [-0.3, -0.25) is 4.94 Å². The summed E-state index contributed by atoms with van der Waals surface area (Å²) >= 11 is 0. The zero-order valence-corrected chi connectivity index (χ0v) is 6.74. The van der Waals surface area contributed by atoms with Gasteiger partial charge in [-0.1, -0.05) is 0 Å². The van der Waals surface area contributed by atoms with Gasteiger partial charge in [0.05, 0.1) is 0 Å². The second kappa shape index (κ2) is 3.87. The molecule has 0 saturated heterocycles. The van der Waals surface area contributed by atoms with Crippen LogP contribution in [0.3, 0.4) is 0 Å². The van der Waals surface area contributed by atoms with Gasteiger partial charge in [0.2, 0.25) is 5.75 Å². The van der Waals surface area contributed by atoms with Crippen molar-refractivity contribution in [3.05, 3.63) is 23.8 Å². The molecule has 8 heteroatoms. The first-order valence-corrected chi connectivity index (χ1v) is 3.37. The predicted octanol–water partition coefficient (Wildman–Crippen LogP) is 3.13. The highest BCUT2D eigenvalue weighted by Gasteiger charge is 2.34. The van der Waals surface area contributed by atoms with Crippen molar-refractivity contribution in [3.63, 3.8) is 0 Å². The maximum atomic E-state index is 12.7. The first-order valence-electron chi connectivity index (χ1n) is 3.37. The Morgan fingerprint density at radius 1 is 1.00 bits per heavy atom. The molecule has 15 heavy (non-hydrogen) atoms. The lowest BCUT2D eigenvalue weighted by Gasteiger charge is -2.10. The van der Waals surface area contributed by atoms with E-state index in [1.807, 2.05) is 0 Å². The van der Waals surface area contributed by atoms with E-state index >= 15 is 0 Å². The third-order valence-corrected chi connectivity index (χ3v) is 1.28. The lowest BCUT2D eigenvalue weighted by Crippen LogP contribution is -2.18.